The van der Waals surface area contributed by atoms with Gasteiger partial charge in [-0.1, -0.05) is 18.2 Å². The van der Waals surface area contributed by atoms with Gasteiger partial charge in [0.25, 0.3) is 17.4 Å². The number of carbonyl (C=O) groups excluding carboxylic acids is 2. The van der Waals surface area contributed by atoms with E-state index in [9.17, 15) is 19.2 Å². The Morgan fingerprint density at radius 1 is 1.07 bits per heavy atom. The summed E-state index contributed by atoms with van der Waals surface area (Å²) in [6.07, 6.45) is 0. The summed E-state index contributed by atoms with van der Waals surface area (Å²) in [6.45, 7) is -0.646. The third-order valence-corrected chi connectivity index (χ3v) is 4.36. The number of benzene rings is 2. The molecule has 0 spiro atoms. The zero-order valence-electron chi connectivity index (χ0n) is 15.4. The van der Waals surface area contributed by atoms with E-state index in [1.807, 2.05) is 0 Å². The lowest BCUT2D eigenvalue weighted by atomic mass is 10.1. The normalized spacial score (nSPS) is 10.5. The van der Waals surface area contributed by atoms with Crippen LogP contribution in [0.15, 0.2) is 53.3 Å². The molecule has 1 heterocycles. The van der Waals surface area contributed by atoms with Gasteiger partial charge in [0, 0.05) is 23.7 Å². The number of hydrogen-bond acceptors (Lipinski definition) is 5. The highest BCUT2D eigenvalue weighted by Crippen LogP contribution is 2.25. The van der Waals surface area contributed by atoms with Crippen molar-refractivity contribution < 1.29 is 19.5 Å². The first kappa shape index (κ1) is 19.6. The molecule has 148 valence electrons. The number of carbonyl (C=O) groups is 3. The van der Waals surface area contributed by atoms with Crippen molar-refractivity contribution >= 4 is 40.1 Å². The molecule has 2 amide bonds. The van der Waals surface area contributed by atoms with E-state index in [-0.39, 0.29) is 17.2 Å². The first-order valence-electron chi connectivity index (χ1n) is 8.58. The van der Waals surface area contributed by atoms with E-state index >= 15 is 0 Å². The smallest absolute Gasteiger partial charge is 0.322 e. The zero-order valence-corrected chi connectivity index (χ0v) is 15.4. The van der Waals surface area contributed by atoms with E-state index in [2.05, 4.69) is 10.6 Å². The molecular weight excluding hydrogens is 376 g/mol. The number of pyridine rings is 1. The number of anilines is 2. The lowest BCUT2D eigenvalue weighted by molar-refractivity contribution is -0.135. The van der Waals surface area contributed by atoms with Crippen LogP contribution in [0, 0.1) is 0 Å². The fourth-order valence-corrected chi connectivity index (χ4v) is 2.91. The van der Waals surface area contributed by atoms with Crippen molar-refractivity contribution in [2.24, 2.45) is 7.05 Å². The molecule has 0 radical (unpaired) electrons. The summed E-state index contributed by atoms with van der Waals surface area (Å²) in [5.74, 6) is -2.46. The monoisotopic (exact) mass is 394 g/mol. The maximum Gasteiger partial charge on any atom is 0.322 e. The average Bonchev–Trinajstić information content (AvgIpc) is 2.71. The molecule has 0 aliphatic carbocycles. The number of aromatic nitrogens is 1. The number of rotatable bonds is 5. The molecule has 2 aromatic carbocycles. The van der Waals surface area contributed by atoms with Gasteiger partial charge in [0.15, 0.2) is 0 Å². The predicted molar refractivity (Wildman–Crippen MR) is 108 cm³/mol. The molecule has 29 heavy (non-hydrogen) atoms. The van der Waals surface area contributed by atoms with Crippen LogP contribution in [0.5, 0.6) is 0 Å². The minimum atomic E-state index is -1.25. The van der Waals surface area contributed by atoms with E-state index in [1.54, 1.807) is 48.5 Å². The molecule has 0 unspecified atom stereocenters. The molecule has 3 aromatic rings. The minimum Gasteiger partial charge on any atom is -0.480 e. The average molecular weight is 394 g/mol. The van der Waals surface area contributed by atoms with Crippen LogP contribution in [0.3, 0.4) is 0 Å². The van der Waals surface area contributed by atoms with Gasteiger partial charge in [-0.2, -0.15) is 0 Å². The van der Waals surface area contributed by atoms with Crippen LogP contribution in [0.4, 0.5) is 11.4 Å². The fraction of sp³-hybridized carbons (Fsp3) is 0.100. The molecular formula is C20H18N4O5. The quantitative estimate of drug-likeness (QED) is 0.512. The Hall–Kier alpha value is -4.14. The number of hydrogen-bond donors (Lipinski definition) is 4. The number of nitrogens with two attached hydrogens (primary N) is 1. The first-order valence-corrected chi connectivity index (χ1v) is 8.58. The maximum atomic E-state index is 12.5. The Morgan fingerprint density at radius 2 is 1.76 bits per heavy atom. The number of nitrogens with zero attached hydrogens (tertiary/aromatic N) is 1. The van der Waals surface area contributed by atoms with Crippen LogP contribution in [-0.4, -0.2) is 34.0 Å². The van der Waals surface area contributed by atoms with Gasteiger partial charge in [0.2, 0.25) is 0 Å². The van der Waals surface area contributed by atoms with E-state index in [1.165, 1.54) is 11.6 Å². The summed E-state index contributed by atoms with van der Waals surface area (Å²) >= 11 is 0. The molecule has 0 bridgehead atoms. The van der Waals surface area contributed by atoms with Gasteiger partial charge >= 0.3 is 5.97 Å². The summed E-state index contributed by atoms with van der Waals surface area (Å²) in [4.78, 5) is 47.9. The first-order chi connectivity index (χ1) is 13.8. The molecule has 0 aliphatic rings. The highest BCUT2D eigenvalue weighted by atomic mass is 16.4. The van der Waals surface area contributed by atoms with E-state index in [0.29, 0.717) is 22.2 Å². The van der Waals surface area contributed by atoms with Gasteiger partial charge < -0.3 is 26.0 Å². The number of aryl methyl sites for hydroxylation is 1. The maximum absolute atomic E-state index is 12.5. The van der Waals surface area contributed by atoms with E-state index in [0.717, 1.165) is 0 Å². The SMILES string of the molecule is Cn1c(=O)c(C(=O)NCC(=O)O)c(N)c2cc(NC(=O)c3ccccc3)ccc21. The largest absolute Gasteiger partial charge is 0.480 e. The molecule has 9 nitrogen and oxygen atoms in total. The second kappa shape index (κ2) is 7.85. The summed E-state index contributed by atoms with van der Waals surface area (Å²) in [5.41, 5.74) is 6.32. The molecule has 0 saturated carbocycles. The number of nitrogen functional groups attached to an aromatic ring is 1. The fourth-order valence-electron chi connectivity index (χ4n) is 2.91. The summed E-state index contributed by atoms with van der Waals surface area (Å²) < 4.78 is 1.24. The van der Waals surface area contributed by atoms with Gasteiger partial charge in [-0.25, -0.2) is 0 Å². The topological polar surface area (TPSA) is 144 Å². The molecule has 9 heteroatoms. The highest BCUT2D eigenvalue weighted by Gasteiger charge is 2.20. The third kappa shape index (κ3) is 3.93. The second-order valence-corrected chi connectivity index (χ2v) is 6.28. The second-order valence-electron chi connectivity index (χ2n) is 6.28. The number of aliphatic carboxylic acids is 1. The Bertz CT molecular complexity index is 1180. The summed E-state index contributed by atoms with van der Waals surface area (Å²) in [6, 6.07) is 13.4. The van der Waals surface area contributed by atoms with Gasteiger partial charge in [0.1, 0.15) is 12.1 Å². The number of fused-ring (bicyclic) bond motifs is 1. The molecule has 0 saturated heterocycles. The Balaban J connectivity index is 2.03. The molecule has 3 rings (SSSR count). The van der Waals surface area contributed by atoms with Crippen molar-refractivity contribution in [1.29, 1.82) is 0 Å². The van der Waals surface area contributed by atoms with E-state index in [4.69, 9.17) is 10.8 Å². The Kier molecular flexibility index (Phi) is 5.31. The number of carboxylic acid groups (broad SMARTS) is 1. The van der Waals surface area contributed by atoms with Gasteiger partial charge in [0.05, 0.1) is 11.2 Å². The molecule has 5 N–H and O–H groups in total. The Labute approximate surface area is 164 Å². The van der Waals surface area contributed by atoms with Crippen molar-refractivity contribution in [3.05, 3.63) is 70.0 Å². The predicted octanol–water partition coefficient (Wildman–Crippen LogP) is 1.19. The van der Waals surface area contributed by atoms with Crippen molar-refractivity contribution in [3.63, 3.8) is 0 Å². The molecule has 0 fully saturated rings. The molecule has 0 atom stereocenters. The molecule has 0 aliphatic heterocycles. The van der Waals surface area contributed by atoms with Crippen molar-refractivity contribution in [2.75, 3.05) is 17.6 Å². The van der Waals surface area contributed by atoms with Crippen LogP contribution < -0.4 is 21.9 Å². The summed E-state index contributed by atoms with van der Waals surface area (Å²) in [7, 11) is 1.47. The number of carboxylic acids is 1. The van der Waals surface area contributed by atoms with Crippen molar-refractivity contribution in [1.82, 2.24) is 9.88 Å². The van der Waals surface area contributed by atoms with Crippen LogP contribution in [-0.2, 0) is 11.8 Å². The standard InChI is InChI=1S/C20H18N4O5/c1-24-14-8-7-12(23-18(27)11-5-3-2-4-6-11)9-13(14)17(21)16(20(24)29)19(28)22-10-15(25)26/h2-9H,10,21H2,1H3,(H,22,28)(H,23,27)(H,25,26). The highest BCUT2D eigenvalue weighted by molar-refractivity contribution is 6.09. The van der Waals surface area contributed by atoms with Crippen LogP contribution in [0.1, 0.15) is 20.7 Å². The minimum absolute atomic E-state index is 0.0956. The van der Waals surface area contributed by atoms with Crippen molar-refractivity contribution in [3.8, 4) is 0 Å². The third-order valence-electron chi connectivity index (χ3n) is 4.36. The van der Waals surface area contributed by atoms with E-state index < -0.39 is 24.0 Å². The van der Waals surface area contributed by atoms with Gasteiger partial charge in [-0.05, 0) is 30.3 Å². The van der Waals surface area contributed by atoms with Gasteiger partial charge in [-0.15, -0.1) is 0 Å². The summed E-state index contributed by atoms with van der Waals surface area (Å²) in [5, 5.41) is 14.0. The lowest BCUT2D eigenvalue weighted by Gasteiger charge is -2.14. The van der Waals surface area contributed by atoms with Crippen LogP contribution in [0.25, 0.3) is 10.9 Å². The van der Waals surface area contributed by atoms with Crippen LogP contribution in [0.2, 0.25) is 0 Å². The number of nitrogens with one attached hydrogen (secondary N) is 2. The zero-order chi connectivity index (χ0) is 21.1. The molecule has 1 aromatic heterocycles. The Morgan fingerprint density at radius 3 is 2.41 bits per heavy atom. The lowest BCUT2D eigenvalue weighted by Crippen LogP contribution is -2.36. The van der Waals surface area contributed by atoms with Crippen molar-refractivity contribution in [2.45, 2.75) is 0 Å². The van der Waals surface area contributed by atoms with Gasteiger partial charge in [-0.3, -0.25) is 19.2 Å². The van der Waals surface area contributed by atoms with Crippen LogP contribution >= 0.6 is 0 Å². The number of amides is 2.